The molecule has 1 heteroatoms. The molecule has 0 spiro atoms. The Bertz CT molecular complexity index is 253. The molecule has 0 unspecified atom stereocenters. The second kappa shape index (κ2) is 4.27. The maximum atomic E-state index is 9.04. The summed E-state index contributed by atoms with van der Waals surface area (Å²) in [6.45, 7) is 4.40. The quantitative estimate of drug-likeness (QED) is 0.727. The van der Waals surface area contributed by atoms with E-state index in [4.69, 9.17) is 5.11 Å². The van der Waals surface area contributed by atoms with Gasteiger partial charge in [-0.25, -0.2) is 0 Å². The van der Waals surface area contributed by atoms with Crippen molar-refractivity contribution in [3.63, 3.8) is 0 Å². The van der Waals surface area contributed by atoms with Gasteiger partial charge in [-0.1, -0.05) is 37.1 Å². The second-order valence-electron chi connectivity index (χ2n) is 3.18. The van der Waals surface area contributed by atoms with E-state index in [0.29, 0.717) is 0 Å². The summed E-state index contributed by atoms with van der Waals surface area (Å²) >= 11 is 0. The van der Waals surface area contributed by atoms with Crippen LogP contribution in [-0.4, -0.2) is 5.11 Å². The Balaban J connectivity index is 2.95. The molecule has 0 bridgehead atoms. The molecule has 0 radical (unpaired) electrons. The molecule has 1 nitrogen and oxygen atoms in total. The van der Waals surface area contributed by atoms with Crippen molar-refractivity contribution in [3.05, 3.63) is 34.9 Å². The maximum absolute atomic E-state index is 9.04. The molecule has 0 aliphatic rings. The van der Waals surface area contributed by atoms with E-state index in [1.165, 1.54) is 11.1 Å². The van der Waals surface area contributed by atoms with E-state index in [0.717, 1.165) is 18.4 Å². The van der Waals surface area contributed by atoms with Gasteiger partial charge in [0.2, 0.25) is 0 Å². The van der Waals surface area contributed by atoms with Crippen LogP contribution in [-0.2, 0) is 13.0 Å². The molecule has 1 aromatic rings. The third-order valence-electron chi connectivity index (χ3n) is 2.05. The van der Waals surface area contributed by atoms with Gasteiger partial charge in [0.1, 0.15) is 0 Å². The van der Waals surface area contributed by atoms with E-state index in [1.54, 1.807) is 0 Å². The van der Waals surface area contributed by atoms with Crippen molar-refractivity contribution in [1.29, 1.82) is 0 Å². The maximum Gasteiger partial charge on any atom is 0.0684 e. The van der Waals surface area contributed by atoms with Crippen LogP contribution in [0.3, 0.4) is 0 Å². The lowest BCUT2D eigenvalue weighted by molar-refractivity contribution is 0.280. The van der Waals surface area contributed by atoms with Gasteiger partial charge in [-0.3, -0.25) is 0 Å². The first-order valence-corrected chi connectivity index (χ1v) is 4.47. The van der Waals surface area contributed by atoms with E-state index in [2.05, 4.69) is 19.9 Å². The Labute approximate surface area is 74.1 Å². The zero-order valence-corrected chi connectivity index (χ0v) is 7.80. The monoisotopic (exact) mass is 164 g/mol. The van der Waals surface area contributed by atoms with Crippen LogP contribution >= 0.6 is 0 Å². The first kappa shape index (κ1) is 9.27. The predicted molar refractivity (Wildman–Crippen MR) is 51.1 cm³/mol. The largest absolute Gasteiger partial charge is 0.392 e. The zero-order chi connectivity index (χ0) is 8.97. The molecule has 0 saturated heterocycles. The standard InChI is InChI=1S/C11H16O/c1-3-4-10-7-9(2)5-6-11(10)8-12/h5-7,12H,3-4,8H2,1-2H3. The lowest BCUT2D eigenvalue weighted by atomic mass is 10.0. The highest BCUT2D eigenvalue weighted by Gasteiger charge is 1.99. The van der Waals surface area contributed by atoms with E-state index >= 15 is 0 Å². The van der Waals surface area contributed by atoms with Crippen LogP contribution in [0, 0.1) is 6.92 Å². The lowest BCUT2D eigenvalue weighted by Gasteiger charge is -2.06. The molecule has 1 aromatic carbocycles. The first-order chi connectivity index (χ1) is 5.77. The van der Waals surface area contributed by atoms with Gasteiger partial charge >= 0.3 is 0 Å². The number of hydrogen-bond acceptors (Lipinski definition) is 1. The molecule has 12 heavy (non-hydrogen) atoms. The van der Waals surface area contributed by atoms with Crippen LogP contribution in [0.1, 0.15) is 30.0 Å². The van der Waals surface area contributed by atoms with Crippen molar-refractivity contribution in [1.82, 2.24) is 0 Å². The average molecular weight is 164 g/mol. The van der Waals surface area contributed by atoms with Crippen LogP contribution in [0.4, 0.5) is 0 Å². The van der Waals surface area contributed by atoms with Crippen molar-refractivity contribution < 1.29 is 5.11 Å². The first-order valence-electron chi connectivity index (χ1n) is 4.47. The Morgan fingerprint density at radius 3 is 2.58 bits per heavy atom. The van der Waals surface area contributed by atoms with Gasteiger partial charge < -0.3 is 5.11 Å². The second-order valence-corrected chi connectivity index (χ2v) is 3.18. The number of aliphatic hydroxyl groups is 1. The number of aliphatic hydroxyl groups excluding tert-OH is 1. The van der Waals surface area contributed by atoms with Gasteiger partial charge in [-0.2, -0.15) is 0 Å². The molecular formula is C11H16O. The molecule has 0 fully saturated rings. The number of hydrogen-bond donors (Lipinski definition) is 1. The molecule has 0 aliphatic heterocycles. The fourth-order valence-electron chi connectivity index (χ4n) is 1.41. The van der Waals surface area contributed by atoms with Crippen molar-refractivity contribution >= 4 is 0 Å². The highest BCUT2D eigenvalue weighted by Crippen LogP contribution is 2.13. The predicted octanol–water partition coefficient (Wildman–Crippen LogP) is 2.44. The van der Waals surface area contributed by atoms with Crippen LogP contribution in [0.25, 0.3) is 0 Å². The molecule has 1 N–H and O–H groups in total. The minimum absolute atomic E-state index is 0.162. The lowest BCUT2D eigenvalue weighted by Crippen LogP contribution is -1.94. The Hall–Kier alpha value is -0.820. The molecular weight excluding hydrogens is 148 g/mol. The Kier molecular flexibility index (Phi) is 3.30. The van der Waals surface area contributed by atoms with Gasteiger partial charge in [-0.15, -0.1) is 0 Å². The van der Waals surface area contributed by atoms with Gasteiger partial charge in [0, 0.05) is 0 Å². The van der Waals surface area contributed by atoms with Crippen molar-refractivity contribution in [3.8, 4) is 0 Å². The minimum Gasteiger partial charge on any atom is -0.392 e. The summed E-state index contributed by atoms with van der Waals surface area (Å²) in [7, 11) is 0. The van der Waals surface area contributed by atoms with E-state index in [9.17, 15) is 0 Å². The van der Waals surface area contributed by atoms with Crippen LogP contribution in [0.15, 0.2) is 18.2 Å². The topological polar surface area (TPSA) is 20.2 Å². The third-order valence-corrected chi connectivity index (χ3v) is 2.05. The molecule has 0 aromatic heterocycles. The highest BCUT2D eigenvalue weighted by molar-refractivity contribution is 5.31. The zero-order valence-electron chi connectivity index (χ0n) is 7.80. The SMILES string of the molecule is CCCc1cc(C)ccc1CO. The smallest absolute Gasteiger partial charge is 0.0684 e. The summed E-state index contributed by atoms with van der Waals surface area (Å²) in [5.41, 5.74) is 3.64. The normalized spacial score (nSPS) is 10.2. The molecule has 0 aliphatic carbocycles. The fourth-order valence-corrected chi connectivity index (χ4v) is 1.41. The third kappa shape index (κ3) is 2.08. The van der Waals surface area contributed by atoms with Crippen LogP contribution in [0.5, 0.6) is 0 Å². The molecule has 0 saturated carbocycles. The Morgan fingerprint density at radius 2 is 2.00 bits per heavy atom. The molecule has 0 amide bonds. The molecule has 0 heterocycles. The van der Waals surface area contributed by atoms with Crippen molar-refractivity contribution in [2.24, 2.45) is 0 Å². The number of benzene rings is 1. The van der Waals surface area contributed by atoms with Gasteiger partial charge in [0.25, 0.3) is 0 Å². The summed E-state index contributed by atoms with van der Waals surface area (Å²) in [5, 5.41) is 9.04. The molecule has 0 atom stereocenters. The summed E-state index contributed by atoms with van der Waals surface area (Å²) in [6, 6.07) is 6.22. The number of aryl methyl sites for hydroxylation is 2. The summed E-state index contributed by atoms with van der Waals surface area (Å²) in [4.78, 5) is 0. The van der Waals surface area contributed by atoms with E-state index in [-0.39, 0.29) is 6.61 Å². The van der Waals surface area contributed by atoms with Crippen molar-refractivity contribution in [2.45, 2.75) is 33.3 Å². The average Bonchev–Trinajstić information content (AvgIpc) is 2.05. The summed E-state index contributed by atoms with van der Waals surface area (Å²) in [5.74, 6) is 0. The van der Waals surface area contributed by atoms with E-state index in [1.807, 2.05) is 12.1 Å². The summed E-state index contributed by atoms with van der Waals surface area (Å²) < 4.78 is 0. The fraction of sp³-hybridized carbons (Fsp3) is 0.455. The van der Waals surface area contributed by atoms with E-state index < -0.39 is 0 Å². The summed E-state index contributed by atoms with van der Waals surface area (Å²) in [6.07, 6.45) is 2.20. The highest BCUT2D eigenvalue weighted by atomic mass is 16.3. The van der Waals surface area contributed by atoms with Crippen LogP contribution in [0.2, 0.25) is 0 Å². The molecule has 1 rings (SSSR count). The van der Waals surface area contributed by atoms with Crippen molar-refractivity contribution in [2.75, 3.05) is 0 Å². The van der Waals surface area contributed by atoms with Crippen LogP contribution < -0.4 is 0 Å². The number of rotatable bonds is 3. The Morgan fingerprint density at radius 1 is 1.25 bits per heavy atom. The molecule has 66 valence electrons. The van der Waals surface area contributed by atoms with Gasteiger partial charge in [-0.05, 0) is 24.5 Å². The van der Waals surface area contributed by atoms with Gasteiger partial charge in [0.15, 0.2) is 0 Å². The van der Waals surface area contributed by atoms with Gasteiger partial charge in [0.05, 0.1) is 6.61 Å². The minimum atomic E-state index is 0.162.